The Hall–Kier alpha value is -2.53. The number of nitro benzene ring substituents is 1. The third kappa shape index (κ3) is 3.63. The summed E-state index contributed by atoms with van der Waals surface area (Å²) in [7, 11) is -2.37. The normalized spacial score (nSPS) is 12.7. The molecule has 0 aliphatic rings. The van der Waals surface area contributed by atoms with Gasteiger partial charge < -0.3 is 9.84 Å². The number of esters is 1. The van der Waals surface area contributed by atoms with Crippen LogP contribution in [0.15, 0.2) is 23.1 Å². The van der Waals surface area contributed by atoms with Crippen LogP contribution in [0.2, 0.25) is 0 Å². The third-order valence-electron chi connectivity index (χ3n) is 3.14. The van der Waals surface area contributed by atoms with Gasteiger partial charge in [-0.15, -0.1) is 0 Å². The first-order valence-electron chi connectivity index (χ1n) is 6.11. The molecule has 1 aromatic carbocycles. The second kappa shape index (κ2) is 6.71. The molecule has 0 heterocycles. The van der Waals surface area contributed by atoms with Gasteiger partial charge in [-0.2, -0.15) is 4.31 Å². The number of rotatable bonds is 6. The van der Waals surface area contributed by atoms with Crippen molar-refractivity contribution in [3.63, 3.8) is 0 Å². The number of ether oxygens (including phenoxy) is 1. The molecule has 0 amide bonds. The fourth-order valence-corrected chi connectivity index (χ4v) is 3.12. The van der Waals surface area contributed by atoms with Crippen LogP contribution in [-0.2, 0) is 19.6 Å². The molecule has 1 unspecified atom stereocenters. The maximum absolute atomic E-state index is 12.5. The van der Waals surface area contributed by atoms with Crippen LogP contribution in [0.4, 0.5) is 5.69 Å². The molecule has 0 aliphatic heterocycles. The summed E-state index contributed by atoms with van der Waals surface area (Å²) in [6.45, 7) is 1.14. The van der Waals surface area contributed by atoms with Crippen LogP contribution in [0.1, 0.15) is 17.3 Å². The first-order chi connectivity index (χ1) is 10.5. The van der Waals surface area contributed by atoms with E-state index in [0.29, 0.717) is 4.31 Å². The van der Waals surface area contributed by atoms with Crippen LogP contribution in [0.5, 0.6) is 0 Å². The highest BCUT2D eigenvalue weighted by Crippen LogP contribution is 2.26. The first kappa shape index (κ1) is 18.5. The molecule has 0 aromatic heterocycles. The van der Waals surface area contributed by atoms with E-state index in [1.165, 1.54) is 0 Å². The van der Waals surface area contributed by atoms with Gasteiger partial charge in [0.05, 0.1) is 22.5 Å². The number of nitrogens with zero attached hydrogens (tertiary/aromatic N) is 2. The molecule has 23 heavy (non-hydrogen) atoms. The molecule has 10 nitrogen and oxygen atoms in total. The van der Waals surface area contributed by atoms with Gasteiger partial charge in [0.15, 0.2) is 0 Å². The maximum Gasteiger partial charge on any atom is 0.339 e. The molecule has 1 N–H and O–H groups in total. The summed E-state index contributed by atoms with van der Waals surface area (Å²) < 4.78 is 29.9. The van der Waals surface area contributed by atoms with Gasteiger partial charge in [-0.05, 0) is 13.0 Å². The summed E-state index contributed by atoms with van der Waals surface area (Å²) in [5.41, 5.74) is -1.05. The van der Waals surface area contributed by atoms with Crippen molar-refractivity contribution in [1.82, 2.24) is 4.31 Å². The molecular weight excluding hydrogens is 332 g/mol. The summed E-state index contributed by atoms with van der Waals surface area (Å²) in [5.74, 6) is -2.48. The molecule has 1 atom stereocenters. The fraction of sp³-hybridized carbons (Fsp3) is 0.333. The Kier molecular flexibility index (Phi) is 5.40. The van der Waals surface area contributed by atoms with E-state index in [9.17, 15) is 28.1 Å². The molecule has 0 saturated carbocycles. The van der Waals surface area contributed by atoms with E-state index >= 15 is 0 Å². The monoisotopic (exact) mass is 346 g/mol. The van der Waals surface area contributed by atoms with Gasteiger partial charge >= 0.3 is 11.9 Å². The Bertz CT molecular complexity index is 758. The second-order valence-electron chi connectivity index (χ2n) is 4.46. The number of nitro groups is 1. The van der Waals surface area contributed by atoms with E-state index < -0.39 is 49.1 Å². The van der Waals surface area contributed by atoms with Crippen LogP contribution in [0.3, 0.4) is 0 Å². The van der Waals surface area contributed by atoms with Gasteiger partial charge in [-0.25, -0.2) is 13.2 Å². The van der Waals surface area contributed by atoms with E-state index in [4.69, 9.17) is 5.11 Å². The molecule has 1 aromatic rings. The van der Waals surface area contributed by atoms with Crippen molar-refractivity contribution in [2.24, 2.45) is 0 Å². The van der Waals surface area contributed by atoms with Gasteiger partial charge in [0, 0.05) is 19.2 Å². The van der Waals surface area contributed by atoms with Crippen molar-refractivity contribution in [1.29, 1.82) is 0 Å². The van der Waals surface area contributed by atoms with Crippen molar-refractivity contribution in [2.45, 2.75) is 17.9 Å². The lowest BCUT2D eigenvalue weighted by molar-refractivity contribution is -0.384. The molecule has 0 bridgehead atoms. The zero-order chi connectivity index (χ0) is 17.9. The number of non-ortho nitro benzene ring substituents is 1. The highest BCUT2D eigenvalue weighted by molar-refractivity contribution is 7.89. The summed E-state index contributed by atoms with van der Waals surface area (Å²) in [6, 6.07) is 1.13. The zero-order valence-electron chi connectivity index (χ0n) is 12.4. The predicted octanol–water partition coefficient (Wildman–Crippen LogP) is 0.475. The van der Waals surface area contributed by atoms with E-state index in [-0.39, 0.29) is 0 Å². The van der Waals surface area contributed by atoms with E-state index in [0.717, 1.165) is 39.3 Å². The smallest absolute Gasteiger partial charge is 0.339 e. The van der Waals surface area contributed by atoms with Gasteiger partial charge in [-0.3, -0.25) is 14.9 Å². The van der Waals surface area contributed by atoms with Crippen LogP contribution >= 0.6 is 0 Å². The number of carboxylic acid groups (broad SMARTS) is 1. The minimum Gasteiger partial charge on any atom is -0.480 e. The molecule has 0 saturated heterocycles. The van der Waals surface area contributed by atoms with Crippen molar-refractivity contribution >= 4 is 27.6 Å². The van der Waals surface area contributed by atoms with Crippen LogP contribution in [0.25, 0.3) is 0 Å². The number of carboxylic acids is 1. The third-order valence-corrected chi connectivity index (χ3v) is 5.13. The minimum absolute atomic E-state index is 0.502. The fourth-order valence-electron chi connectivity index (χ4n) is 1.64. The number of benzene rings is 1. The average Bonchev–Trinajstić information content (AvgIpc) is 2.51. The summed E-state index contributed by atoms with van der Waals surface area (Å²) >= 11 is 0. The largest absolute Gasteiger partial charge is 0.480 e. The molecule has 1 rings (SSSR count). The number of carbonyl (C=O) groups is 2. The van der Waals surface area contributed by atoms with Gasteiger partial charge in [-0.1, -0.05) is 0 Å². The lowest BCUT2D eigenvalue weighted by Crippen LogP contribution is -2.40. The maximum atomic E-state index is 12.5. The molecule has 126 valence electrons. The Balaban J connectivity index is 3.55. The molecular formula is C12H14N2O8S. The average molecular weight is 346 g/mol. The molecule has 0 spiro atoms. The van der Waals surface area contributed by atoms with Gasteiger partial charge in [0.1, 0.15) is 6.04 Å². The van der Waals surface area contributed by atoms with Crippen LogP contribution in [-0.4, -0.2) is 54.9 Å². The summed E-state index contributed by atoms with van der Waals surface area (Å²) in [5, 5.41) is 19.7. The highest BCUT2D eigenvalue weighted by Gasteiger charge is 2.33. The zero-order valence-corrected chi connectivity index (χ0v) is 13.2. The molecule has 11 heteroatoms. The molecule has 0 aliphatic carbocycles. The van der Waals surface area contributed by atoms with Crippen molar-refractivity contribution in [3.8, 4) is 0 Å². The van der Waals surface area contributed by atoms with E-state index in [1.807, 2.05) is 0 Å². The number of hydrogen-bond donors (Lipinski definition) is 1. The standard InChI is InChI=1S/C12H14N2O8S/c1-7(11(15)16)13(2)23(20,21)10-5-4-8(14(18)19)6-9(10)12(17)22-3/h4-7H,1-3H3,(H,15,16). The topological polar surface area (TPSA) is 144 Å². The predicted molar refractivity (Wildman–Crippen MR) is 76.5 cm³/mol. The van der Waals surface area contributed by atoms with Crippen LogP contribution < -0.4 is 0 Å². The number of hydrogen-bond acceptors (Lipinski definition) is 7. The number of aliphatic carboxylic acids is 1. The first-order valence-corrected chi connectivity index (χ1v) is 7.55. The number of sulfonamides is 1. The number of carbonyl (C=O) groups excluding carboxylic acids is 1. The Morgan fingerprint density at radius 3 is 2.39 bits per heavy atom. The van der Waals surface area contributed by atoms with E-state index in [1.54, 1.807) is 0 Å². The Labute approximate surface area is 131 Å². The Morgan fingerprint density at radius 1 is 1.39 bits per heavy atom. The highest BCUT2D eigenvalue weighted by atomic mass is 32.2. The second-order valence-corrected chi connectivity index (χ2v) is 6.43. The lowest BCUT2D eigenvalue weighted by atomic mass is 10.2. The number of methoxy groups -OCH3 is 1. The summed E-state index contributed by atoms with van der Waals surface area (Å²) in [4.78, 5) is 32.1. The lowest BCUT2D eigenvalue weighted by Gasteiger charge is -2.22. The van der Waals surface area contributed by atoms with Crippen molar-refractivity contribution in [2.75, 3.05) is 14.2 Å². The SMILES string of the molecule is COC(=O)c1cc([N+](=O)[O-])ccc1S(=O)(=O)N(C)C(C)C(=O)O. The quantitative estimate of drug-likeness (QED) is 0.445. The van der Waals surface area contributed by atoms with Crippen molar-refractivity contribution < 1.29 is 32.8 Å². The van der Waals surface area contributed by atoms with Crippen LogP contribution in [0, 0.1) is 10.1 Å². The van der Waals surface area contributed by atoms with Gasteiger partial charge in [0.2, 0.25) is 10.0 Å². The minimum atomic E-state index is -4.38. The van der Waals surface area contributed by atoms with Crippen molar-refractivity contribution in [3.05, 3.63) is 33.9 Å². The van der Waals surface area contributed by atoms with E-state index in [2.05, 4.69) is 4.74 Å². The van der Waals surface area contributed by atoms with Gasteiger partial charge in [0.25, 0.3) is 5.69 Å². The molecule has 0 fully saturated rings. The number of likely N-dealkylation sites (N-methyl/N-ethyl adjacent to an activating group) is 1. The summed E-state index contributed by atoms with van der Waals surface area (Å²) in [6.07, 6.45) is 0. The molecule has 0 radical (unpaired) electrons. The Morgan fingerprint density at radius 2 is 1.96 bits per heavy atom.